The molecule has 35 heavy (non-hydrogen) atoms. The molecule has 0 fully saturated rings. The zero-order chi connectivity index (χ0) is 26.0. The first-order chi connectivity index (χ1) is 16.6. The van der Waals surface area contributed by atoms with Crippen molar-refractivity contribution in [3.8, 4) is 0 Å². The first kappa shape index (κ1) is 28.7. The van der Waals surface area contributed by atoms with Crippen LogP contribution in [0, 0.1) is 11.8 Å². The monoisotopic (exact) mass is 483 g/mol. The summed E-state index contributed by atoms with van der Waals surface area (Å²) in [5, 5.41) is 9.97. The minimum absolute atomic E-state index is 0.0661. The molecule has 194 valence electrons. The number of amides is 1. The Bertz CT molecular complexity index is 903. The minimum Gasteiger partial charge on any atom is -0.508 e. The summed E-state index contributed by atoms with van der Waals surface area (Å²) in [6, 6.07) is 0. The lowest BCUT2D eigenvalue weighted by atomic mass is 10.0. The van der Waals surface area contributed by atoms with Gasteiger partial charge in [0.2, 0.25) is 5.91 Å². The summed E-state index contributed by atoms with van der Waals surface area (Å²) in [5.41, 5.74) is 3.76. The van der Waals surface area contributed by atoms with Gasteiger partial charge in [-0.1, -0.05) is 62.3 Å². The molecular formula is C30H45NO4. The number of cyclic esters (lactones) is 1. The van der Waals surface area contributed by atoms with Crippen molar-refractivity contribution in [3.05, 3.63) is 58.4 Å². The Labute approximate surface area is 212 Å². The average Bonchev–Trinajstić information content (AvgIpc) is 3.26. The van der Waals surface area contributed by atoms with Gasteiger partial charge in [0, 0.05) is 25.1 Å². The van der Waals surface area contributed by atoms with Crippen LogP contribution in [0.15, 0.2) is 58.4 Å². The number of allylic oxidation sites excluding steroid dienone is 5. The summed E-state index contributed by atoms with van der Waals surface area (Å²) in [6.07, 6.45) is 16.8. The highest BCUT2D eigenvalue weighted by atomic mass is 16.6. The van der Waals surface area contributed by atoms with Gasteiger partial charge < -0.3 is 14.7 Å². The van der Waals surface area contributed by atoms with E-state index in [2.05, 4.69) is 58.1 Å². The summed E-state index contributed by atoms with van der Waals surface area (Å²) in [6.45, 7) is 14.0. The van der Waals surface area contributed by atoms with Gasteiger partial charge in [0.15, 0.2) is 6.10 Å². The molecule has 5 nitrogen and oxygen atoms in total. The van der Waals surface area contributed by atoms with Crippen LogP contribution < -0.4 is 0 Å². The normalized spacial score (nSPS) is 20.5. The molecule has 2 aliphatic rings. The van der Waals surface area contributed by atoms with E-state index in [9.17, 15) is 14.7 Å². The van der Waals surface area contributed by atoms with Gasteiger partial charge in [0.25, 0.3) is 0 Å². The fourth-order valence-electron chi connectivity index (χ4n) is 4.28. The van der Waals surface area contributed by atoms with Gasteiger partial charge in [-0.05, 0) is 71.1 Å². The predicted molar refractivity (Wildman–Crippen MR) is 143 cm³/mol. The Kier molecular flexibility index (Phi) is 11.6. The second-order valence-electron chi connectivity index (χ2n) is 10.6. The lowest BCUT2D eigenvalue weighted by Gasteiger charge is -2.17. The lowest BCUT2D eigenvalue weighted by molar-refractivity contribution is -0.140. The van der Waals surface area contributed by atoms with Crippen LogP contribution in [0.3, 0.4) is 0 Å². The van der Waals surface area contributed by atoms with Gasteiger partial charge in [-0.3, -0.25) is 4.79 Å². The molecule has 0 aliphatic carbocycles. The second-order valence-corrected chi connectivity index (χ2v) is 10.6. The van der Waals surface area contributed by atoms with E-state index in [-0.39, 0.29) is 11.7 Å². The van der Waals surface area contributed by atoms with Gasteiger partial charge >= 0.3 is 5.97 Å². The van der Waals surface area contributed by atoms with Crippen LogP contribution in [-0.4, -0.2) is 41.1 Å². The summed E-state index contributed by atoms with van der Waals surface area (Å²) in [4.78, 5) is 26.0. The van der Waals surface area contributed by atoms with E-state index >= 15 is 0 Å². The summed E-state index contributed by atoms with van der Waals surface area (Å²) >= 11 is 0. The molecule has 0 aromatic carbocycles. The van der Waals surface area contributed by atoms with E-state index in [1.807, 2.05) is 11.8 Å². The van der Waals surface area contributed by atoms with Crippen LogP contribution in [0.1, 0.15) is 86.5 Å². The van der Waals surface area contributed by atoms with Crippen LogP contribution in [-0.2, 0) is 14.3 Å². The van der Waals surface area contributed by atoms with Gasteiger partial charge in [-0.25, -0.2) is 4.79 Å². The highest BCUT2D eigenvalue weighted by Gasteiger charge is 2.31. The molecule has 0 unspecified atom stereocenters. The third kappa shape index (κ3) is 9.54. The third-order valence-corrected chi connectivity index (χ3v) is 6.80. The molecule has 0 bridgehead atoms. The van der Waals surface area contributed by atoms with Crippen molar-refractivity contribution in [1.82, 2.24) is 4.90 Å². The molecule has 2 aliphatic heterocycles. The molecular weight excluding hydrogens is 438 g/mol. The fraction of sp³-hybridized carbons (Fsp3) is 0.600. The maximum atomic E-state index is 12.5. The van der Waals surface area contributed by atoms with E-state index < -0.39 is 12.1 Å². The van der Waals surface area contributed by atoms with E-state index in [4.69, 9.17) is 4.74 Å². The Hall–Kier alpha value is -2.56. The maximum Gasteiger partial charge on any atom is 0.338 e. The number of aliphatic hydroxyl groups is 1. The van der Waals surface area contributed by atoms with E-state index in [1.165, 1.54) is 5.57 Å². The summed E-state index contributed by atoms with van der Waals surface area (Å²) in [5.74, 6) is 0.962. The SMILES string of the molecule is CC1=C(O)[C@@H](C/C(C)=C\CC[C@@H](C)/C=C/C=C(\C)CCCC2=CCN(CCC(C)C)C2=O)OC1=O. The summed E-state index contributed by atoms with van der Waals surface area (Å²) in [7, 11) is 0. The Morgan fingerprint density at radius 3 is 2.60 bits per heavy atom. The third-order valence-electron chi connectivity index (χ3n) is 6.80. The first-order valence-electron chi connectivity index (χ1n) is 13.2. The Morgan fingerprint density at radius 2 is 1.94 bits per heavy atom. The highest BCUT2D eigenvalue weighted by molar-refractivity contribution is 5.95. The van der Waals surface area contributed by atoms with Crippen molar-refractivity contribution in [1.29, 1.82) is 0 Å². The molecule has 0 saturated heterocycles. The predicted octanol–water partition coefficient (Wildman–Crippen LogP) is 6.98. The van der Waals surface area contributed by atoms with Crippen LogP contribution in [0.5, 0.6) is 0 Å². The Morgan fingerprint density at radius 1 is 1.20 bits per heavy atom. The van der Waals surface area contributed by atoms with Crippen LogP contribution in [0.25, 0.3) is 0 Å². The van der Waals surface area contributed by atoms with Crippen LogP contribution >= 0.6 is 0 Å². The van der Waals surface area contributed by atoms with E-state index in [0.29, 0.717) is 23.8 Å². The molecule has 2 rings (SSSR count). The summed E-state index contributed by atoms with van der Waals surface area (Å²) < 4.78 is 5.20. The number of nitrogens with zero attached hydrogens (tertiary/aromatic N) is 1. The topological polar surface area (TPSA) is 66.8 Å². The van der Waals surface area contributed by atoms with Crippen molar-refractivity contribution in [2.45, 2.75) is 92.6 Å². The van der Waals surface area contributed by atoms with Crippen LogP contribution in [0.2, 0.25) is 0 Å². The zero-order valence-electron chi connectivity index (χ0n) is 22.6. The molecule has 0 spiro atoms. The second kappa shape index (κ2) is 14.1. The van der Waals surface area contributed by atoms with Crippen molar-refractivity contribution in [2.24, 2.45) is 11.8 Å². The van der Waals surface area contributed by atoms with Crippen molar-refractivity contribution >= 4 is 11.9 Å². The standard InChI is InChI=1S/C30H45NO4/c1-21(2)16-18-31-19-17-26(29(31)33)15-9-13-23(4)11-7-10-22(3)12-8-14-24(5)20-27-28(32)25(6)30(34)35-27/h7,10-11,14,17,21-22,27,32H,8-9,12-13,15-16,18-20H2,1-6H3/b10-7+,23-11+,24-14-/t22-,27+/m0/s1. The zero-order valence-corrected chi connectivity index (χ0v) is 22.6. The number of ether oxygens (including phenoxy) is 1. The average molecular weight is 484 g/mol. The fourth-order valence-corrected chi connectivity index (χ4v) is 4.28. The molecule has 1 amide bonds. The molecule has 0 aromatic heterocycles. The minimum atomic E-state index is -0.531. The number of hydrogen-bond acceptors (Lipinski definition) is 4. The molecule has 1 N–H and O–H groups in total. The molecule has 0 radical (unpaired) electrons. The molecule has 0 saturated carbocycles. The van der Waals surface area contributed by atoms with Crippen molar-refractivity contribution in [3.63, 3.8) is 0 Å². The number of aliphatic hydroxyl groups excluding tert-OH is 1. The molecule has 2 heterocycles. The van der Waals surface area contributed by atoms with Crippen molar-refractivity contribution in [2.75, 3.05) is 13.1 Å². The quantitative estimate of drug-likeness (QED) is 0.164. The van der Waals surface area contributed by atoms with Gasteiger partial charge in [-0.2, -0.15) is 0 Å². The van der Waals surface area contributed by atoms with Gasteiger partial charge in [-0.15, -0.1) is 0 Å². The van der Waals surface area contributed by atoms with Gasteiger partial charge in [0.1, 0.15) is 5.76 Å². The molecule has 2 atom stereocenters. The smallest absolute Gasteiger partial charge is 0.338 e. The van der Waals surface area contributed by atoms with Crippen molar-refractivity contribution < 1.29 is 19.4 Å². The van der Waals surface area contributed by atoms with Gasteiger partial charge in [0.05, 0.1) is 5.57 Å². The van der Waals surface area contributed by atoms with E-state index in [0.717, 1.165) is 62.8 Å². The number of carbonyl (C=O) groups excluding carboxylic acids is 2. The number of esters is 1. The molecule has 0 aromatic rings. The number of carbonyl (C=O) groups is 2. The number of hydrogen-bond donors (Lipinski definition) is 1. The highest BCUT2D eigenvalue weighted by Crippen LogP contribution is 2.25. The lowest BCUT2D eigenvalue weighted by Crippen LogP contribution is -2.28. The van der Waals surface area contributed by atoms with E-state index in [1.54, 1.807) is 6.92 Å². The maximum absolute atomic E-state index is 12.5. The van der Waals surface area contributed by atoms with Crippen LogP contribution in [0.4, 0.5) is 0 Å². The largest absolute Gasteiger partial charge is 0.508 e. The first-order valence-corrected chi connectivity index (χ1v) is 13.2. The molecule has 5 heteroatoms. The number of rotatable bonds is 14. The Balaban J connectivity index is 1.64.